The molecule has 1 atom stereocenters. The van der Waals surface area contributed by atoms with Gasteiger partial charge in [0.25, 0.3) is 5.91 Å². The molecule has 0 saturated heterocycles. The number of hydrogen-bond acceptors (Lipinski definition) is 2. The van der Waals surface area contributed by atoms with Crippen LogP contribution in [0.1, 0.15) is 36.8 Å². The maximum Gasteiger partial charge on any atom is 0.253 e. The Hall–Kier alpha value is -2.04. The van der Waals surface area contributed by atoms with E-state index in [1.807, 2.05) is 41.6 Å². The van der Waals surface area contributed by atoms with E-state index >= 15 is 0 Å². The van der Waals surface area contributed by atoms with Gasteiger partial charge in [-0.2, -0.15) is 0 Å². The highest BCUT2D eigenvalue weighted by atomic mass is 16.1. The third-order valence-corrected chi connectivity index (χ3v) is 3.93. The summed E-state index contributed by atoms with van der Waals surface area (Å²) >= 11 is 0. The Morgan fingerprint density at radius 2 is 2.10 bits per heavy atom. The van der Waals surface area contributed by atoms with Crippen LogP contribution in [0, 0.1) is 12.3 Å². The predicted molar refractivity (Wildman–Crippen MR) is 83.1 cm³/mol. The molecule has 2 aromatic rings. The van der Waals surface area contributed by atoms with E-state index in [1.54, 1.807) is 12.5 Å². The van der Waals surface area contributed by atoms with Crippen LogP contribution in [0.4, 0.5) is 0 Å². The number of nitrogens with one attached hydrogen (secondary N) is 1. The SMILES string of the molecule is Cc1c(C(=O)N[C@@H](Cn2ccnc2)C(C)(C)C)ccn1C. The Morgan fingerprint density at radius 1 is 1.38 bits per heavy atom. The molecule has 0 fully saturated rings. The predicted octanol–water partition coefficient (Wildman–Crippen LogP) is 2.37. The number of carbonyl (C=O) groups is 1. The lowest BCUT2D eigenvalue weighted by Crippen LogP contribution is -2.46. The molecule has 5 heteroatoms. The van der Waals surface area contributed by atoms with Crippen LogP contribution in [0.15, 0.2) is 31.0 Å². The van der Waals surface area contributed by atoms with Gasteiger partial charge in [-0.3, -0.25) is 4.79 Å². The summed E-state index contributed by atoms with van der Waals surface area (Å²) in [5.41, 5.74) is 1.67. The summed E-state index contributed by atoms with van der Waals surface area (Å²) in [5, 5.41) is 3.16. The molecule has 0 aliphatic heterocycles. The van der Waals surface area contributed by atoms with Crippen molar-refractivity contribution < 1.29 is 4.79 Å². The first kappa shape index (κ1) is 15.4. The van der Waals surface area contributed by atoms with Crippen LogP contribution in [0.5, 0.6) is 0 Å². The number of aromatic nitrogens is 3. The molecule has 0 spiro atoms. The topological polar surface area (TPSA) is 51.9 Å². The lowest BCUT2D eigenvalue weighted by Gasteiger charge is -2.31. The van der Waals surface area contributed by atoms with Gasteiger partial charge in [-0.05, 0) is 18.4 Å². The van der Waals surface area contributed by atoms with Crippen LogP contribution >= 0.6 is 0 Å². The van der Waals surface area contributed by atoms with Crippen molar-refractivity contribution in [2.24, 2.45) is 12.5 Å². The molecule has 114 valence electrons. The fourth-order valence-electron chi connectivity index (χ4n) is 2.23. The number of aryl methyl sites for hydroxylation is 1. The summed E-state index contributed by atoms with van der Waals surface area (Å²) in [6, 6.07) is 1.89. The largest absolute Gasteiger partial charge is 0.354 e. The number of amides is 1. The molecule has 2 rings (SSSR count). The minimum Gasteiger partial charge on any atom is -0.354 e. The van der Waals surface area contributed by atoms with Gasteiger partial charge < -0.3 is 14.5 Å². The molecule has 0 aliphatic carbocycles. The van der Waals surface area contributed by atoms with E-state index in [4.69, 9.17) is 0 Å². The van der Waals surface area contributed by atoms with Gasteiger partial charge in [0, 0.05) is 37.9 Å². The molecular weight excluding hydrogens is 264 g/mol. The van der Waals surface area contributed by atoms with Gasteiger partial charge in [0.15, 0.2) is 0 Å². The monoisotopic (exact) mass is 288 g/mol. The maximum atomic E-state index is 12.5. The minimum absolute atomic E-state index is 0.0202. The number of imidazole rings is 1. The smallest absolute Gasteiger partial charge is 0.253 e. The third kappa shape index (κ3) is 3.54. The van der Waals surface area contributed by atoms with Crippen molar-refractivity contribution in [1.82, 2.24) is 19.4 Å². The molecule has 0 aromatic carbocycles. The van der Waals surface area contributed by atoms with Crippen molar-refractivity contribution in [3.05, 3.63) is 42.2 Å². The summed E-state index contributed by atoms with van der Waals surface area (Å²) in [6.45, 7) is 9.06. The molecule has 0 bridgehead atoms. The van der Waals surface area contributed by atoms with Crippen LogP contribution in [-0.2, 0) is 13.6 Å². The lowest BCUT2D eigenvalue weighted by atomic mass is 9.86. The molecule has 0 aliphatic rings. The van der Waals surface area contributed by atoms with Crippen molar-refractivity contribution in [2.45, 2.75) is 40.3 Å². The van der Waals surface area contributed by atoms with Gasteiger partial charge in [0.1, 0.15) is 0 Å². The average molecular weight is 288 g/mol. The molecule has 0 saturated carbocycles. The number of hydrogen-bond donors (Lipinski definition) is 1. The zero-order valence-corrected chi connectivity index (χ0v) is 13.4. The first-order valence-electron chi connectivity index (χ1n) is 7.17. The highest BCUT2D eigenvalue weighted by Gasteiger charge is 2.27. The Labute approximate surface area is 126 Å². The highest BCUT2D eigenvalue weighted by molar-refractivity contribution is 5.95. The van der Waals surface area contributed by atoms with E-state index in [0.29, 0.717) is 6.54 Å². The lowest BCUT2D eigenvalue weighted by molar-refractivity contribution is 0.0892. The van der Waals surface area contributed by atoms with E-state index in [9.17, 15) is 4.79 Å². The number of carbonyl (C=O) groups excluding carboxylic acids is 1. The highest BCUT2D eigenvalue weighted by Crippen LogP contribution is 2.21. The van der Waals surface area contributed by atoms with Crippen molar-refractivity contribution in [2.75, 3.05) is 0 Å². The maximum absolute atomic E-state index is 12.5. The van der Waals surface area contributed by atoms with Gasteiger partial charge in [0.05, 0.1) is 17.9 Å². The first-order chi connectivity index (χ1) is 9.79. The van der Waals surface area contributed by atoms with Crippen molar-refractivity contribution in [3.8, 4) is 0 Å². The second-order valence-electron chi connectivity index (χ2n) is 6.58. The van der Waals surface area contributed by atoms with Gasteiger partial charge in [0.2, 0.25) is 0 Å². The van der Waals surface area contributed by atoms with Gasteiger partial charge in [-0.25, -0.2) is 4.98 Å². The van der Waals surface area contributed by atoms with Crippen LogP contribution in [0.25, 0.3) is 0 Å². The fraction of sp³-hybridized carbons (Fsp3) is 0.500. The first-order valence-corrected chi connectivity index (χ1v) is 7.17. The molecule has 1 N–H and O–H groups in total. The van der Waals surface area contributed by atoms with E-state index in [2.05, 4.69) is 31.1 Å². The van der Waals surface area contributed by atoms with Crippen molar-refractivity contribution >= 4 is 5.91 Å². The van der Waals surface area contributed by atoms with Crippen LogP contribution < -0.4 is 5.32 Å². The summed E-state index contributed by atoms with van der Waals surface area (Å²) in [7, 11) is 1.94. The van der Waals surface area contributed by atoms with Crippen LogP contribution in [0.2, 0.25) is 0 Å². The minimum atomic E-state index is -0.0391. The van der Waals surface area contributed by atoms with Crippen molar-refractivity contribution in [1.29, 1.82) is 0 Å². The van der Waals surface area contributed by atoms with Gasteiger partial charge >= 0.3 is 0 Å². The molecule has 1 amide bonds. The Bertz CT molecular complexity index is 605. The standard InChI is InChI=1S/C16H24N4O/c1-12-13(6-8-19(12)5)15(21)18-14(16(2,3)4)10-20-9-7-17-11-20/h6-9,11,14H,10H2,1-5H3,(H,18,21)/t14-/m0/s1. The summed E-state index contributed by atoms with van der Waals surface area (Å²) in [5.74, 6) is -0.0202. The molecule has 2 aromatic heterocycles. The molecule has 0 unspecified atom stereocenters. The van der Waals surface area contributed by atoms with E-state index < -0.39 is 0 Å². The fourth-order valence-corrected chi connectivity index (χ4v) is 2.23. The third-order valence-electron chi connectivity index (χ3n) is 3.93. The molecule has 2 heterocycles. The zero-order valence-electron chi connectivity index (χ0n) is 13.4. The average Bonchev–Trinajstić information content (AvgIpc) is 2.99. The summed E-state index contributed by atoms with van der Waals surface area (Å²) in [6.07, 6.45) is 7.35. The summed E-state index contributed by atoms with van der Waals surface area (Å²) in [4.78, 5) is 16.6. The molecule has 5 nitrogen and oxygen atoms in total. The number of nitrogens with zero attached hydrogens (tertiary/aromatic N) is 3. The Kier molecular flexibility index (Phi) is 4.21. The molecule has 21 heavy (non-hydrogen) atoms. The normalized spacial score (nSPS) is 13.2. The molecule has 0 radical (unpaired) electrons. The number of rotatable bonds is 4. The second-order valence-corrected chi connectivity index (χ2v) is 6.58. The van der Waals surface area contributed by atoms with E-state index in [1.165, 1.54) is 0 Å². The van der Waals surface area contributed by atoms with Crippen LogP contribution in [0.3, 0.4) is 0 Å². The second kappa shape index (κ2) is 5.76. The summed E-state index contributed by atoms with van der Waals surface area (Å²) < 4.78 is 3.95. The Morgan fingerprint density at radius 3 is 2.57 bits per heavy atom. The van der Waals surface area contributed by atoms with E-state index in [0.717, 1.165) is 11.3 Å². The van der Waals surface area contributed by atoms with Crippen LogP contribution in [-0.4, -0.2) is 26.1 Å². The Balaban J connectivity index is 2.15. The van der Waals surface area contributed by atoms with E-state index in [-0.39, 0.29) is 17.4 Å². The van der Waals surface area contributed by atoms with Crippen molar-refractivity contribution in [3.63, 3.8) is 0 Å². The zero-order chi connectivity index (χ0) is 15.6. The molecular formula is C16H24N4O. The van der Waals surface area contributed by atoms with Gasteiger partial charge in [-0.15, -0.1) is 0 Å². The van der Waals surface area contributed by atoms with Gasteiger partial charge in [-0.1, -0.05) is 20.8 Å². The quantitative estimate of drug-likeness (QED) is 0.939.